The highest BCUT2D eigenvalue weighted by atomic mass is 16.5. The van der Waals surface area contributed by atoms with Crippen molar-refractivity contribution in [2.45, 2.75) is 13.5 Å². The zero-order valence-corrected chi connectivity index (χ0v) is 14.4. The van der Waals surface area contributed by atoms with Crippen LogP contribution in [0.25, 0.3) is 11.0 Å². The van der Waals surface area contributed by atoms with Crippen molar-refractivity contribution in [2.75, 3.05) is 13.7 Å². The van der Waals surface area contributed by atoms with Gasteiger partial charge in [0.05, 0.1) is 13.7 Å². The van der Waals surface area contributed by atoms with E-state index in [9.17, 15) is 9.59 Å². The fourth-order valence-electron chi connectivity index (χ4n) is 2.48. The number of methoxy groups -OCH3 is 1. The molecule has 26 heavy (non-hydrogen) atoms. The molecular weight excluding hydrogens is 338 g/mol. The van der Waals surface area contributed by atoms with Crippen molar-refractivity contribution in [2.24, 2.45) is 0 Å². The van der Waals surface area contributed by atoms with Gasteiger partial charge in [-0.15, -0.1) is 0 Å². The molecule has 7 heteroatoms. The number of nitrogens with zero attached hydrogens (tertiary/aromatic N) is 1. The van der Waals surface area contributed by atoms with Crippen molar-refractivity contribution in [1.29, 1.82) is 0 Å². The third-order valence-corrected chi connectivity index (χ3v) is 3.67. The molecule has 0 aliphatic heterocycles. The van der Waals surface area contributed by atoms with E-state index in [1.165, 1.54) is 19.4 Å². The lowest BCUT2D eigenvalue weighted by atomic mass is 10.1. The third-order valence-electron chi connectivity index (χ3n) is 3.67. The average Bonchev–Trinajstić information content (AvgIpc) is 2.65. The smallest absolute Gasteiger partial charge is 0.343 e. The van der Waals surface area contributed by atoms with Gasteiger partial charge in [-0.05, 0) is 31.2 Å². The van der Waals surface area contributed by atoms with Gasteiger partial charge >= 0.3 is 11.6 Å². The van der Waals surface area contributed by atoms with Crippen LogP contribution in [0.5, 0.6) is 11.6 Å². The van der Waals surface area contributed by atoms with Gasteiger partial charge in [-0.2, -0.15) is 0 Å². The molecule has 2 heterocycles. The van der Waals surface area contributed by atoms with Gasteiger partial charge in [0, 0.05) is 29.3 Å². The Hall–Kier alpha value is -3.35. The fraction of sp³-hybridized carbons (Fsp3) is 0.211. The van der Waals surface area contributed by atoms with Crippen LogP contribution < -0.4 is 15.1 Å². The predicted molar refractivity (Wildman–Crippen MR) is 93.6 cm³/mol. The van der Waals surface area contributed by atoms with Gasteiger partial charge in [0.2, 0.25) is 5.88 Å². The lowest BCUT2D eigenvalue weighted by Gasteiger charge is -2.10. The summed E-state index contributed by atoms with van der Waals surface area (Å²) in [6.07, 6.45) is 1.53. The van der Waals surface area contributed by atoms with E-state index in [2.05, 4.69) is 4.98 Å². The Morgan fingerprint density at radius 2 is 2.08 bits per heavy atom. The topological polar surface area (TPSA) is 87.9 Å². The number of fused-ring (bicyclic) bond motifs is 1. The fourth-order valence-corrected chi connectivity index (χ4v) is 2.48. The van der Waals surface area contributed by atoms with Crippen molar-refractivity contribution in [1.82, 2.24) is 4.98 Å². The minimum absolute atomic E-state index is 0.0896. The van der Waals surface area contributed by atoms with Crippen molar-refractivity contribution in [3.63, 3.8) is 0 Å². The number of rotatable bonds is 6. The van der Waals surface area contributed by atoms with Crippen LogP contribution in [0.1, 0.15) is 22.8 Å². The van der Waals surface area contributed by atoms with Crippen molar-refractivity contribution >= 4 is 16.9 Å². The molecule has 0 spiro atoms. The Morgan fingerprint density at radius 3 is 2.85 bits per heavy atom. The average molecular weight is 355 g/mol. The highest BCUT2D eigenvalue weighted by Crippen LogP contribution is 2.23. The molecule has 0 aliphatic carbocycles. The SMILES string of the molecule is CCOc1ncccc1C(=O)OCc1cc(=O)oc2cc(OC)ccc12. The summed E-state index contributed by atoms with van der Waals surface area (Å²) in [5.74, 6) is 0.185. The first-order chi connectivity index (χ1) is 12.6. The number of ether oxygens (including phenoxy) is 3. The van der Waals surface area contributed by atoms with E-state index in [1.54, 1.807) is 37.3 Å². The molecule has 0 bridgehead atoms. The van der Waals surface area contributed by atoms with Crippen LogP contribution in [-0.4, -0.2) is 24.7 Å². The number of pyridine rings is 1. The van der Waals surface area contributed by atoms with Crippen LogP contribution in [0.4, 0.5) is 0 Å². The maximum absolute atomic E-state index is 12.4. The third kappa shape index (κ3) is 3.66. The Kier molecular flexibility index (Phi) is 5.17. The molecule has 3 aromatic rings. The number of benzene rings is 1. The van der Waals surface area contributed by atoms with Crippen LogP contribution in [0.15, 0.2) is 51.8 Å². The summed E-state index contributed by atoms with van der Waals surface area (Å²) < 4.78 is 21.0. The number of aromatic nitrogens is 1. The number of hydrogen-bond acceptors (Lipinski definition) is 7. The second-order valence-electron chi connectivity index (χ2n) is 5.32. The van der Waals surface area contributed by atoms with E-state index in [0.29, 0.717) is 28.9 Å². The second kappa shape index (κ2) is 7.69. The van der Waals surface area contributed by atoms with E-state index in [0.717, 1.165) is 0 Å². The summed E-state index contributed by atoms with van der Waals surface area (Å²) in [6, 6.07) is 9.59. The zero-order valence-electron chi connectivity index (χ0n) is 14.4. The minimum atomic E-state index is -0.587. The summed E-state index contributed by atoms with van der Waals surface area (Å²) in [5.41, 5.74) is 0.588. The Bertz CT molecular complexity index is 995. The molecule has 1 aromatic carbocycles. The molecule has 134 valence electrons. The normalized spacial score (nSPS) is 10.5. The van der Waals surface area contributed by atoms with Crippen molar-refractivity contribution in [3.8, 4) is 11.6 Å². The maximum atomic E-state index is 12.4. The highest BCUT2D eigenvalue weighted by molar-refractivity contribution is 5.92. The van der Waals surface area contributed by atoms with Crippen LogP contribution in [0.3, 0.4) is 0 Å². The van der Waals surface area contributed by atoms with Gasteiger partial charge in [-0.1, -0.05) is 0 Å². The molecule has 3 rings (SSSR count). The molecule has 2 aromatic heterocycles. The molecule has 0 unspecified atom stereocenters. The molecule has 0 aliphatic rings. The van der Waals surface area contributed by atoms with Gasteiger partial charge in [0.15, 0.2) is 0 Å². The minimum Gasteiger partial charge on any atom is -0.497 e. The Balaban J connectivity index is 1.86. The lowest BCUT2D eigenvalue weighted by molar-refractivity contribution is 0.0468. The molecule has 0 radical (unpaired) electrons. The first-order valence-electron chi connectivity index (χ1n) is 7.98. The van der Waals surface area contributed by atoms with Crippen molar-refractivity contribution < 1.29 is 23.4 Å². The van der Waals surface area contributed by atoms with E-state index in [1.807, 2.05) is 0 Å². The van der Waals surface area contributed by atoms with E-state index in [4.69, 9.17) is 18.6 Å². The summed E-state index contributed by atoms with van der Waals surface area (Å²) in [6.45, 7) is 2.09. The number of carbonyl (C=O) groups is 1. The summed E-state index contributed by atoms with van der Waals surface area (Å²) in [5, 5.41) is 0.661. The van der Waals surface area contributed by atoms with Crippen molar-refractivity contribution in [3.05, 3.63) is 64.1 Å². The van der Waals surface area contributed by atoms with E-state index in [-0.39, 0.29) is 18.1 Å². The molecule has 0 N–H and O–H groups in total. The Morgan fingerprint density at radius 1 is 1.23 bits per heavy atom. The van der Waals surface area contributed by atoms with Gasteiger partial charge in [0.25, 0.3) is 0 Å². The summed E-state index contributed by atoms with van der Waals surface area (Å²) in [4.78, 5) is 28.2. The predicted octanol–water partition coefficient (Wildman–Crippen LogP) is 2.95. The summed E-state index contributed by atoms with van der Waals surface area (Å²) in [7, 11) is 1.52. The standard InChI is InChI=1S/C19H17NO6/c1-3-24-18-15(5-4-8-20-18)19(22)25-11-12-9-17(21)26-16-10-13(23-2)6-7-14(12)16/h4-10H,3,11H2,1-2H3. The largest absolute Gasteiger partial charge is 0.497 e. The van der Waals surface area contributed by atoms with Crippen LogP contribution in [-0.2, 0) is 11.3 Å². The first kappa shape index (κ1) is 17.5. The van der Waals surface area contributed by atoms with Crippen LogP contribution >= 0.6 is 0 Å². The first-order valence-corrected chi connectivity index (χ1v) is 7.98. The monoisotopic (exact) mass is 355 g/mol. The number of esters is 1. The molecule has 0 saturated heterocycles. The van der Waals surface area contributed by atoms with Gasteiger partial charge in [-0.3, -0.25) is 0 Å². The molecule has 0 atom stereocenters. The second-order valence-corrected chi connectivity index (χ2v) is 5.32. The molecular formula is C19H17NO6. The van der Waals surface area contributed by atoms with Crippen LogP contribution in [0, 0.1) is 0 Å². The van der Waals surface area contributed by atoms with Gasteiger partial charge in [0.1, 0.15) is 23.5 Å². The highest BCUT2D eigenvalue weighted by Gasteiger charge is 2.16. The molecule has 0 fully saturated rings. The lowest BCUT2D eigenvalue weighted by Crippen LogP contribution is -2.10. The Labute approximate surface area is 149 Å². The van der Waals surface area contributed by atoms with E-state index >= 15 is 0 Å². The van der Waals surface area contributed by atoms with Gasteiger partial charge in [-0.25, -0.2) is 14.6 Å². The molecule has 0 amide bonds. The van der Waals surface area contributed by atoms with Crippen LogP contribution in [0.2, 0.25) is 0 Å². The number of carbonyl (C=O) groups excluding carboxylic acids is 1. The van der Waals surface area contributed by atoms with E-state index < -0.39 is 11.6 Å². The van der Waals surface area contributed by atoms with Gasteiger partial charge < -0.3 is 18.6 Å². The molecule has 0 saturated carbocycles. The quantitative estimate of drug-likeness (QED) is 0.496. The maximum Gasteiger partial charge on any atom is 0.343 e. The molecule has 7 nitrogen and oxygen atoms in total. The zero-order chi connectivity index (χ0) is 18.5. The summed E-state index contributed by atoms with van der Waals surface area (Å²) >= 11 is 0. The number of hydrogen-bond donors (Lipinski definition) is 0.